The maximum absolute atomic E-state index is 5.93. The number of para-hydroxylation sites is 1. The summed E-state index contributed by atoms with van der Waals surface area (Å²) in [7, 11) is 1.94. The zero-order valence-corrected chi connectivity index (χ0v) is 14.6. The first-order valence-electron chi connectivity index (χ1n) is 8.09. The van der Waals surface area contributed by atoms with Crippen LogP contribution in [0.5, 0.6) is 11.5 Å². The van der Waals surface area contributed by atoms with Crippen molar-refractivity contribution in [3.8, 4) is 11.5 Å². The molecule has 2 aromatic rings. The molecule has 0 saturated heterocycles. The molecule has 0 aliphatic heterocycles. The van der Waals surface area contributed by atoms with E-state index in [1.165, 1.54) is 11.1 Å². The molecule has 0 atom stereocenters. The molecule has 0 radical (unpaired) electrons. The Hall–Kier alpha value is -2.00. The first-order chi connectivity index (χ1) is 11.0. The summed E-state index contributed by atoms with van der Waals surface area (Å²) in [5.74, 6) is 1.82. The highest BCUT2D eigenvalue weighted by Crippen LogP contribution is 2.30. The van der Waals surface area contributed by atoms with Gasteiger partial charge in [-0.15, -0.1) is 0 Å². The molecule has 0 aliphatic carbocycles. The van der Waals surface area contributed by atoms with Crippen LogP contribution in [0.2, 0.25) is 0 Å². The Morgan fingerprint density at radius 2 is 1.65 bits per heavy atom. The highest BCUT2D eigenvalue weighted by molar-refractivity contribution is 5.38. The third-order valence-corrected chi connectivity index (χ3v) is 3.58. The maximum Gasteiger partial charge on any atom is 0.123 e. The standard InChI is InChI=1S/C20H27NO2/c1-20(2,3)18-10-5-6-11-19(18)23-13-12-22-17-9-7-8-16(14-17)15-21-4/h5-11,14,21H,12-13,15H2,1-4H3. The smallest absolute Gasteiger partial charge is 0.123 e. The highest BCUT2D eigenvalue weighted by Gasteiger charge is 2.18. The molecule has 0 spiro atoms. The van der Waals surface area contributed by atoms with Gasteiger partial charge in [0.15, 0.2) is 0 Å². The number of hydrogen-bond donors (Lipinski definition) is 1. The molecule has 23 heavy (non-hydrogen) atoms. The Morgan fingerprint density at radius 1 is 0.913 bits per heavy atom. The molecule has 2 rings (SSSR count). The van der Waals surface area contributed by atoms with Crippen molar-refractivity contribution in [2.75, 3.05) is 20.3 Å². The number of hydrogen-bond acceptors (Lipinski definition) is 3. The summed E-state index contributed by atoms with van der Waals surface area (Å²) in [6.07, 6.45) is 0. The van der Waals surface area contributed by atoms with Crippen LogP contribution in [0.4, 0.5) is 0 Å². The van der Waals surface area contributed by atoms with Gasteiger partial charge < -0.3 is 14.8 Å². The Balaban J connectivity index is 1.88. The number of rotatable bonds is 7. The summed E-state index contributed by atoms with van der Waals surface area (Å²) in [6, 6.07) is 16.3. The average molecular weight is 313 g/mol. The molecule has 2 aromatic carbocycles. The highest BCUT2D eigenvalue weighted by atomic mass is 16.5. The fourth-order valence-corrected chi connectivity index (χ4v) is 2.47. The van der Waals surface area contributed by atoms with Crippen molar-refractivity contribution < 1.29 is 9.47 Å². The van der Waals surface area contributed by atoms with Crippen LogP contribution in [0.3, 0.4) is 0 Å². The monoisotopic (exact) mass is 313 g/mol. The molecule has 3 heteroatoms. The summed E-state index contributed by atoms with van der Waals surface area (Å²) < 4.78 is 11.7. The normalized spacial score (nSPS) is 11.3. The van der Waals surface area contributed by atoms with Crippen LogP contribution >= 0.6 is 0 Å². The first kappa shape index (κ1) is 17.4. The van der Waals surface area contributed by atoms with Gasteiger partial charge in [-0.2, -0.15) is 0 Å². The topological polar surface area (TPSA) is 30.5 Å². The van der Waals surface area contributed by atoms with Crippen LogP contribution in [-0.2, 0) is 12.0 Å². The SMILES string of the molecule is CNCc1cccc(OCCOc2ccccc2C(C)(C)C)c1. The molecule has 3 nitrogen and oxygen atoms in total. The Morgan fingerprint density at radius 3 is 2.39 bits per heavy atom. The van der Waals surface area contributed by atoms with Crippen molar-refractivity contribution >= 4 is 0 Å². The minimum Gasteiger partial charge on any atom is -0.490 e. The molecule has 124 valence electrons. The van der Waals surface area contributed by atoms with E-state index in [9.17, 15) is 0 Å². The van der Waals surface area contributed by atoms with Gasteiger partial charge in [0.05, 0.1) is 0 Å². The lowest BCUT2D eigenvalue weighted by atomic mass is 9.86. The lowest BCUT2D eigenvalue weighted by Crippen LogP contribution is -2.15. The zero-order chi connectivity index (χ0) is 16.7. The van der Waals surface area contributed by atoms with E-state index in [1.54, 1.807) is 0 Å². The predicted octanol–water partition coefficient (Wildman–Crippen LogP) is 4.16. The fourth-order valence-electron chi connectivity index (χ4n) is 2.47. The molecule has 0 saturated carbocycles. The van der Waals surface area contributed by atoms with Crippen LogP contribution in [0.25, 0.3) is 0 Å². The van der Waals surface area contributed by atoms with Crippen LogP contribution in [-0.4, -0.2) is 20.3 Å². The summed E-state index contributed by atoms with van der Waals surface area (Å²) in [5, 5.41) is 3.14. The molecule has 0 amide bonds. The molecule has 0 aromatic heterocycles. The van der Waals surface area contributed by atoms with Crippen molar-refractivity contribution in [3.63, 3.8) is 0 Å². The Labute approximate surface area is 139 Å². The van der Waals surface area contributed by atoms with Gasteiger partial charge in [-0.05, 0) is 41.8 Å². The first-order valence-corrected chi connectivity index (χ1v) is 8.09. The third kappa shape index (κ3) is 5.29. The molecule has 0 heterocycles. The summed E-state index contributed by atoms with van der Waals surface area (Å²) >= 11 is 0. The van der Waals surface area contributed by atoms with Crippen molar-refractivity contribution in [3.05, 3.63) is 59.7 Å². The van der Waals surface area contributed by atoms with Crippen molar-refractivity contribution in [1.29, 1.82) is 0 Å². The van der Waals surface area contributed by atoms with E-state index >= 15 is 0 Å². The van der Waals surface area contributed by atoms with Crippen molar-refractivity contribution in [2.24, 2.45) is 0 Å². The van der Waals surface area contributed by atoms with E-state index in [1.807, 2.05) is 31.3 Å². The second-order valence-corrected chi connectivity index (χ2v) is 6.62. The van der Waals surface area contributed by atoms with E-state index in [4.69, 9.17) is 9.47 Å². The molecule has 0 fully saturated rings. The van der Waals surface area contributed by atoms with E-state index in [0.717, 1.165) is 18.0 Å². The number of ether oxygens (including phenoxy) is 2. The van der Waals surface area contributed by atoms with Crippen molar-refractivity contribution in [2.45, 2.75) is 32.7 Å². The van der Waals surface area contributed by atoms with Gasteiger partial charge in [0, 0.05) is 6.54 Å². The maximum atomic E-state index is 5.93. The minimum atomic E-state index is 0.0684. The second kappa shape index (κ2) is 8.02. The fraction of sp³-hybridized carbons (Fsp3) is 0.400. The largest absolute Gasteiger partial charge is 0.490 e. The number of nitrogens with one attached hydrogen (secondary N) is 1. The molecular formula is C20H27NO2. The summed E-state index contributed by atoms with van der Waals surface area (Å²) in [6.45, 7) is 8.48. The molecule has 0 bridgehead atoms. The van der Waals surface area contributed by atoms with Crippen LogP contribution in [0.15, 0.2) is 48.5 Å². The van der Waals surface area contributed by atoms with Gasteiger partial charge in [-0.1, -0.05) is 51.1 Å². The van der Waals surface area contributed by atoms with E-state index < -0.39 is 0 Å². The lowest BCUT2D eigenvalue weighted by Gasteiger charge is -2.22. The van der Waals surface area contributed by atoms with Gasteiger partial charge in [0.1, 0.15) is 24.7 Å². The lowest BCUT2D eigenvalue weighted by molar-refractivity contribution is 0.214. The quantitative estimate of drug-likeness (QED) is 0.779. The average Bonchev–Trinajstić information content (AvgIpc) is 2.52. The zero-order valence-electron chi connectivity index (χ0n) is 14.6. The van der Waals surface area contributed by atoms with Crippen molar-refractivity contribution in [1.82, 2.24) is 5.32 Å². The van der Waals surface area contributed by atoms with E-state index in [0.29, 0.717) is 13.2 Å². The van der Waals surface area contributed by atoms with Gasteiger partial charge >= 0.3 is 0 Å². The van der Waals surface area contributed by atoms with Gasteiger partial charge in [0.2, 0.25) is 0 Å². The predicted molar refractivity (Wildman–Crippen MR) is 95.3 cm³/mol. The summed E-state index contributed by atoms with van der Waals surface area (Å²) in [4.78, 5) is 0. The van der Waals surface area contributed by atoms with Gasteiger partial charge in [0.25, 0.3) is 0 Å². The van der Waals surface area contributed by atoms with E-state index in [-0.39, 0.29) is 5.41 Å². The van der Waals surface area contributed by atoms with Crippen LogP contribution < -0.4 is 14.8 Å². The molecule has 0 unspecified atom stereocenters. The second-order valence-electron chi connectivity index (χ2n) is 6.62. The molecule has 0 aliphatic rings. The van der Waals surface area contributed by atoms with Crippen LogP contribution in [0.1, 0.15) is 31.9 Å². The molecule has 1 N–H and O–H groups in total. The molecular weight excluding hydrogens is 286 g/mol. The Kier molecular flexibility index (Phi) is 6.05. The number of benzene rings is 2. The minimum absolute atomic E-state index is 0.0684. The van der Waals surface area contributed by atoms with Crippen LogP contribution in [0, 0.1) is 0 Å². The van der Waals surface area contributed by atoms with E-state index in [2.05, 4.69) is 50.4 Å². The Bertz CT molecular complexity index is 617. The third-order valence-electron chi connectivity index (χ3n) is 3.58. The van der Waals surface area contributed by atoms with Gasteiger partial charge in [-0.25, -0.2) is 0 Å². The summed E-state index contributed by atoms with van der Waals surface area (Å²) in [5.41, 5.74) is 2.50. The van der Waals surface area contributed by atoms with Gasteiger partial charge in [-0.3, -0.25) is 0 Å².